The van der Waals surface area contributed by atoms with Crippen LogP contribution in [0.1, 0.15) is 24.4 Å². The van der Waals surface area contributed by atoms with Gasteiger partial charge in [-0.2, -0.15) is 11.8 Å². The standard InChI is InChI=1S/C11H15NO2S/c1-8-5-12(6-9(2)15-8)11-4-3-10(7-13)14-11/h3-4,7-9H,5-6H2,1-2H3. The average molecular weight is 225 g/mol. The van der Waals surface area contributed by atoms with E-state index in [2.05, 4.69) is 18.7 Å². The fourth-order valence-corrected chi connectivity index (χ4v) is 3.26. The van der Waals surface area contributed by atoms with E-state index in [9.17, 15) is 4.79 Å². The SMILES string of the molecule is CC1CN(c2ccc(C=O)o2)CC(C)S1. The van der Waals surface area contributed by atoms with Gasteiger partial charge in [-0.3, -0.25) is 4.79 Å². The smallest absolute Gasteiger partial charge is 0.196 e. The van der Waals surface area contributed by atoms with E-state index in [1.807, 2.05) is 17.8 Å². The molecule has 2 atom stereocenters. The van der Waals surface area contributed by atoms with Gasteiger partial charge in [0.2, 0.25) is 0 Å². The number of aldehydes is 1. The molecule has 0 saturated carbocycles. The lowest BCUT2D eigenvalue weighted by molar-refractivity contribution is 0.110. The van der Waals surface area contributed by atoms with Crippen LogP contribution >= 0.6 is 11.8 Å². The molecule has 2 unspecified atom stereocenters. The number of rotatable bonds is 2. The van der Waals surface area contributed by atoms with Crippen molar-refractivity contribution in [3.05, 3.63) is 17.9 Å². The van der Waals surface area contributed by atoms with Crippen LogP contribution in [-0.2, 0) is 0 Å². The zero-order valence-electron chi connectivity index (χ0n) is 8.97. The number of carbonyl (C=O) groups is 1. The summed E-state index contributed by atoms with van der Waals surface area (Å²) >= 11 is 2.00. The van der Waals surface area contributed by atoms with Crippen molar-refractivity contribution in [2.75, 3.05) is 18.0 Å². The highest BCUT2D eigenvalue weighted by atomic mass is 32.2. The van der Waals surface area contributed by atoms with Crippen molar-refractivity contribution in [2.24, 2.45) is 0 Å². The summed E-state index contributed by atoms with van der Waals surface area (Å²) in [5.41, 5.74) is 0. The zero-order chi connectivity index (χ0) is 10.8. The summed E-state index contributed by atoms with van der Waals surface area (Å²) < 4.78 is 5.42. The zero-order valence-corrected chi connectivity index (χ0v) is 9.79. The molecule has 0 spiro atoms. The Balaban J connectivity index is 2.12. The van der Waals surface area contributed by atoms with E-state index in [4.69, 9.17) is 4.42 Å². The number of nitrogens with zero attached hydrogens (tertiary/aromatic N) is 1. The number of carbonyl (C=O) groups excluding carboxylic acids is 1. The van der Waals surface area contributed by atoms with Crippen molar-refractivity contribution in [3.8, 4) is 0 Å². The van der Waals surface area contributed by atoms with E-state index >= 15 is 0 Å². The molecule has 1 saturated heterocycles. The van der Waals surface area contributed by atoms with Crippen LogP contribution in [0.25, 0.3) is 0 Å². The van der Waals surface area contributed by atoms with Crippen molar-refractivity contribution in [3.63, 3.8) is 0 Å². The first-order valence-corrected chi connectivity index (χ1v) is 6.08. The minimum absolute atomic E-state index is 0.406. The normalized spacial score (nSPS) is 26.7. The fraction of sp³-hybridized carbons (Fsp3) is 0.545. The van der Waals surface area contributed by atoms with Crippen LogP contribution in [0.2, 0.25) is 0 Å². The van der Waals surface area contributed by atoms with Gasteiger partial charge in [0, 0.05) is 29.7 Å². The third kappa shape index (κ3) is 2.37. The molecule has 0 amide bonds. The maximum Gasteiger partial charge on any atom is 0.196 e. The molecular formula is C11H15NO2S. The molecule has 0 radical (unpaired) electrons. The Morgan fingerprint density at radius 2 is 2.07 bits per heavy atom. The van der Waals surface area contributed by atoms with Gasteiger partial charge in [-0.15, -0.1) is 0 Å². The van der Waals surface area contributed by atoms with E-state index in [1.165, 1.54) is 0 Å². The van der Waals surface area contributed by atoms with Gasteiger partial charge in [0.05, 0.1) is 0 Å². The molecule has 4 heteroatoms. The minimum Gasteiger partial charge on any atom is -0.438 e. The van der Waals surface area contributed by atoms with Crippen LogP contribution in [0.15, 0.2) is 16.5 Å². The largest absolute Gasteiger partial charge is 0.438 e. The second kappa shape index (κ2) is 4.31. The lowest BCUT2D eigenvalue weighted by atomic mass is 10.3. The third-order valence-electron chi connectivity index (χ3n) is 2.46. The van der Waals surface area contributed by atoms with Gasteiger partial charge < -0.3 is 9.32 Å². The molecule has 1 aromatic rings. The second-order valence-corrected chi connectivity index (χ2v) is 5.84. The number of hydrogen-bond acceptors (Lipinski definition) is 4. The third-order valence-corrected chi connectivity index (χ3v) is 3.69. The second-order valence-electron chi connectivity index (χ2n) is 3.96. The van der Waals surface area contributed by atoms with Crippen molar-refractivity contribution >= 4 is 23.9 Å². The molecule has 15 heavy (non-hydrogen) atoms. The molecule has 1 aliphatic heterocycles. The van der Waals surface area contributed by atoms with Crippen LogP contribution in [-0.4, -0.2) is 29.9 Å². The molecule has 2 rings (SSSR count). The van der Waals surface area contributed by atoms with Crippen molar-refractivity contribution in [1.29, 1.82) is 0 Å². The summed E-state index contributed by atoms with van der Waals surface area (Å²) in [7, 11) is 0. The van der Waals surface area contributed by atoms with Gasteiger partial charge in [-0.05, 0) is 6.07 Å². The van der Waals surface area contributed by atoms with E-state index in [0.717, 1.165) is 25.3 Å². The first-order valence-electron chi connectivity index (χ1n) is 5.14. The highest BCUT2D eigenvalue weighted by Crippen LogP contribution is 2.29. The number of thioether (sulfide) groups is 1. The van der Waals surface area contributed by atoms with Crippen LogP contribution in [0, 0.1) is 0 Å². The number of furan rings is 1. The number of hydrogen-bond donors (Lipinski definition) is 0. The summed E-state index contributed by atoms with van der Waals surface area (Å²) in [6, 6.07) is 3.60. The van der Waals surface area contributed by atoms with E-state index < -0.39 is 0 Å². The number of anilines is 1. The molecule has 1 fully saturated rings. The predicted molar refractivity (Wildman–Crippen MR) is 62.8 cm³/mol. The van der Waals surface area contributed by atoms with Crippen molar-refractivity contribution < 1.29 is 9.21 Å². The molecule has 1 aromatic heterocycles. The first-order chi connectivity index (χ1) is 7.19. The van der Waals surface area contributed by atoms with Crippen molar-refractivity contribution in [2.45, 2.75) is 24.3 Å². The summed E-state index contributed by atoms with van der Waals surface area (Å²) in [6.07, 6.45) is 0.745. The molecule has 0 aromatic carbocycles. The molecule has 0 N–H and O–H groups in total. The molecule has 0 bridgehead atoms. The lowest BCUT2D eigenvalue weighted by Gasteiger charge is -2.34. The first kappa shape index (κ1) is 10.6. The van der Waals surface area contributed by atoms with Crippen LogP contribution in [0.5, 0.6) is 0 Å². The molecule has 0 aliphatic carbocycles. The molecular weight excluding hydrogens is 210 g/mol. The topological polar surface area (TPSA) is 33.5 Å². The summed E-state index contributed by atoms with van der Waals surface area (Å²) in [5.74, 6) is 1.22. The average Bonchev–Trinajstić information content (AvgIpc) is 2.64. The molecule has 1 aliphatic rings. The Morgan fingerprint density at radius 3 is 2.60 bits per heavy atom. The molecule has 3 nitrogen and oxygen atoms in total. The van der Waals surface area contributed by atoms with E-state index in [1.54, 1.807) is 6.07 Å². The monoisotopic (exact) mass is 225 g/mol. The Morgan fingerprint density at radius 1 is 1.40 bits per heavy atom. The Bertz CT molecular complexity index is 340. The lowest BCUT2D eigenvalue weighted by Crippen LogP contribution is -2.40. The minimum atomic E-state index is 0.406. The maximum atomic E-state index is 10.5. The van der Waals surface area contributed by atoms with Gasteiger partial charge in [-0.1, -0.05) is 13.8 Å². The van der Waals surface area contributed by atoms with Crippen LogP contribution in [0.4, 0.5) is 5.88 Å². The van der Waals surface area contributed by atoms with Gasteiger partial charge in [0.15, 0.2) is 17.9 Å². The molecule has 2 heterocycles. The van der Waals surface area contributed by atoms with E-state index in [-0.39, 0.29) is 0 Å². The van der Waals surface area contributed by atoms with Gasteiger partial charge >= 0.3 is 0 Å². The van der Waals surface area contributed by atoms with Gasteiger partial charge in [-0.25, -0.2) is 0 Å². The summed E-state index contributed by atoms with van der Waals surface area (Å²) in [4.78, 5) is 12.7. The highest BCUT2D eigenvalue weighted by Gasteiger charge is 2.24. The Hall–Kier alpha value is -0.900. The Labute approximate surface area is 93.8 Å². The summed E-state index contributed by atoms with van der Waals surface area (Å²) in [5, 5.41) is 1.22. The van der Waals surface area contributed by atoms with Gasteiger partial charge in [0.25, 0.3) is 0 Å². The van der Waals surface area contributed by atoms with Crippen LogP contribution in [0.3, 0.4) is 0 Å². The predicted octanol–water partition coefficient (Wildman–Crippen LogP) is 2.42. The summed E-state index contributed by atoms with van der Waals surface area (Å²) in [6.45, 7) is 6.41. The van der Waals surface area contributed by atoms with E-state index in [0.29, 0.717) is 16.3 Å². The Kier molecular flexibility index (Phi) is 3.05. The molecule has 82 valence electrons. The van der Waals surface area contributed by atoms with Crippen LogP contribution < -0.4 is 4.90 Å². The van der Waals surface area contributed by atoms with Crippen molar-refractivity contribution in [1.82, 2.24) is 0 Å². The van der Waals surface area contributed by atoms with Gasteiger partial charge in [0.1, 0.15) is 0 Å². The fourth-order valence-electron chi connectivity index (χ4n) is 1.93. The highest BCUT2D eigenvalue weighted by molar-refractivity contribution is 8.00. The quantitative estimate of drug-likeness (QED) is 0.724. The maximum absolute atomic E-state index is 10.5.